The van der Waals surface area contributed by atoms with E-state index in [4.69, 9.17) is 20.9 Å². The molecule has 3 rings (SSSR count). The first-order chi connectivity index (χ1) is 12.4. The van der Waals surface area contributed by atoms with E-state index in [9.17, 15) is 4.79 Å². The summed E-state index contributed by atoms with van der Waals surface area (Å²) in [5.41, 5.74) is 2.97. The van der Waals surface area contributed by atoms with Crippen molar-refractivity contribution < 1.29 is 14.1 Å². The first kappa shape index (κ1) is 17.9. The summed E-state index contributed by atoms with van der Waals surface area (Å²) in [6, 6.07) is 12.6. The van der Waals surface area contributed by atoms with Gasteiger partial charge in [-0.1, -0.05) is 17.7 Å². The fourth-order valence-electron chi connectivity index (χ4n) is 2.24. The average molecular weight is 372 g/mol. The number of ether oxygens (including phenoxy) is 1. The van der Waals surface area contributed by atoms with E-state index in [-0.39, 0.29) is 11.9 Å². The minimum absolute atomic E-state index is 0.0792. The lowest BCUT2D eigenvalue weighted by atomic mass is 10.1. The molecular weight excluding hydrogens is 354 g/mol. The third-order valence-corrected chi connectivity index (χ3v) is 4.16. The van der Waals surface area contributed by atoms with Gasteiger partial charge in [0.15, 0.2) is 6.10 Å². The van der Waals surface area contributed by atoms with Crippen LogP contribution in [-0.4, -0.2) is 22.2 Å². The Morgan fingerprint density at radius 2 is 1.88 bits per heavy atom. The van der Waals surface area contributed by atoms with Crippen LogP contribution in [0, 0.1) is 13.8 Å². The van der Waals surface area contributed by atoms with Crippen LogP contribution in [0.15, 0.2) is 47.0 Å². The molecule has 0 aliphatic heterocycles. The van der Waals surface area contributed by atoms with Gasteiger partial charge in [-0.05, 0) is 73.5 Å². The van der Waals surface area contributed by atoms with Crippen LogP contribution in [0.25, 0.3) is 11.5 Å². The van der Waals surface area contributed by atoms with Gasteiger partial charge in [0, 0.05) is 10.6 Å². The van der Waals surface area contributed by atoms with Gasteiger partial charge < -0.3 is 9.26 Å². The predicted octanol–water partition coefficient (Wildman–Crippen LogP) is 4.41. The highest BCUT2D eigenvalue weighted by atomic mass is 35.5. The van der Waals surface area contributed by atoms with Crippen LogP contribution in [0.4, 0.5) is 5.95 Å². The van der Waals surface area contributed by atoms with Crippen molar-refractivity contribution in [3.8, 4) is 17.2 Å². The fraction of sp³-hybridized carbons (Fsp3) is 0.211. The number of halogens is 1. The third-order valence-electron chi connectivity index (χ3n) is 3.91. The Morgan fingerprint density at radius 1 is 1.15 bits per heavy atom. The molecule has 1 heterocycles. The lowest BCUT2D eigenvalue weighted by molar-refractivity contribution is -0.122. The van der Waals surface area contributed by atoms with Gasteiger partial charge in [0.25, 0.3) is 17.7 Å². The number of hydrogen-bond donors (Lipinski definition) is 1. The van der Waals surface area contributed by atoms with Crippen molar-refractivity contribution in [2.75, 3.05) is 5.32 Å². The molecule has 3 aromatic rings. The molecule has 2 aromatic carbocycles. The third kappa shape index (κ3) is 4.21. The summed E-state index contributed by atoms with van der Waals surface area (Å²) in [5.74, 6) is 0.632. The molecule has 0 spiro atoms. The van der Waals surface area contributed by atoms with Gasteiger partial charge in [0.1, 0.15) is 5.75 Å². The molecule has 0 saturated carbocycles. The molecule has 0 aliphatic carbocycles. The predicted molar refractivity (Wildman–Crippen MR) is 99.4 cm³/mol. The van der Waals surface area contributed by atoms with E-state index >= 15 is 0 Å². The molecule has 1 unspecified atom stereocenters. The number of carbonyl (C=O) groups is 1. The Hall–Kier alpha value is -2.86. The molecular formula is C19H18ClN3O3. The van der Waals surface area contributed by atoms with E-state index < -0.39 is 6.10 Å². The molecule has 1 atom stereocenters. The number of carbonyl (C=O) groups excluding carboxylic acids is 1. The Labute approximate surface area is 156 Å². The first-order valence-electron chi connectivity index (χ1n) is 8.07. The second kappa shape index (κ2) is 7.58. The van der Waals surface area contributed by atoms with Crippen LogP contribution < -0.4 is 10.1 Å². The van der Waals surface area contributed by atoms with Gasteiger partial charge in [-0.2, -0.15) is 4.98 Å². The highest BCUT2D eigenvalue weighted by Gasteiger charge is 2.18. The number of aryl methyl sites for hydroxylation is 2. The van der Waals surface area contributed by atoms with Crippen LogP contribution in [0.2, 0.25) is 5.02 Å². The number of nitrogens with zero attached hydrogens (tertiary/aromatic N) is 2. The number of amides is 1. The minimum Gasteiger partial charge on any atom is -0.481 e. The Balaban J connectivity index is 1.64. The Bertz CT molecular complexity index is 922. The summed E-state index contributed by atoms with van der Waals surface area (Å²) < 4.78 is 10.8. The first-order valence-corrected chi connectivity index (χ1v) is 8.44. The molecule has 0 saturated heterocycles. The maximum atomic E-state index is 12.3. The monoisotopic (exact) mass is 371 g/mol. The maximum Gasteiger partial charge on any atom is 0.270 e. The van der Waals surface area contributed by atoms with Gasteiger partial charge in [0.2, 0.25) is 0 Å². The molecule has 0 fully saturated rings. The normalized spacial score (nSPS) is 11.8. The second-order valence-electron chi connectivity index (χ2n) is 5.93. The molecule has 7 heteroatoms. The molecule has 1 aromatic heterocycles. The summed E-state index contributed by atoms with van der Waals surface area (Å²) in [4.78, 5) is 16.4. The zero-order chi connectivity index (χ0) is 18.7. The van der Waals surface area contributed by atoms with Crippen molar-refractivity contribution in [3.63, 3.8) is 0 Å². The minimum atomic E-state index is -0.713. The molecule has 1 N–H and O–H groups in total. The number of anilines is 1. The van der Waals surface area contributed by atoms with Crippen molar-refractivity contribution >= 4 is 23.5 Å². The highest BCUT2D eigenvalue weighted by Crippen LogP contribution is 2.21. The zero-order valence-electron chi connectivity index (χ0n) is 14.6. The number of hydrogen-bond acceptors (Lipinski definition) is 5. The van der Waals surface area contributed by atoms with Crippen molar-refractivity contribution in [1.82, 2.24) is 10.1 Å². The molecule has 26 heavy (non-hydrogen) atoms. The van der Waals surface area contributed by atoms with E-state index in [1.54, 1.807) is 31.2 Å². The van der Waals surface area contributed by atoms with Crippen molar-refractivity contribution in [2.24, 2.45) is 0 Å². The second-order valence-corrected chi connectivity index (χ2v) is 6.36. The molecule has 6 nitrogen and oxygen atoms in total. The van der Waals surface area contributed by atoms with Gasteiger partial charge in [-0.3, -0.25) is 10.1 Å². The standard InChI is InChI=1S/C19H18ClN3O3/c1-11-4-9-16(10-12(11)2)25-13(3)17(24)21-19-22-18(26-23-19)14-5-7-15(20)8-6-14/h4-10,13H,1-3H3,(H,21,23,24). The number of aromatic nitrogens is 2. The van der Waals surface area contributed by atoms with Gasteiger partial charge in [-0.25, -0.2) is 0 Å². The van der Waals surface area contributed by atoms with Crippen molar-refractivity contribution in [3.05, 3.63) is 58.6 Å². The topological polar surface area (TPSA) is 77.2 Å². The largest absolute Gasteiger partial charge is 0.481 e. The van der Waals surface area contributed by atoms with E-state index in [1.807, 2.05) is 32.0 Å². The number of rotatable bonds is 5. The van der Waals surface area contributed by atoms with Crippen molar-refractivity contribution in [2.45, 2.75) is 26.9 Å². The summed E-state index contributed by atoms with van der Waals surface area (Å²) >= 11 is 5.86. The van der Waals surface area contributed by atoms with Crippen LogP contribution in [-0.2, 0) is 4.79 Å². The van der Waals surface area contributed by atoms with Crippen LogP contribution >= 0.6 is 11.6 Å². The zero-order valence-corrected chi connectivity index (χ0v) is 15.4. The average Bonchev–Trinajstić information content (AvgIpc) is 3.07. The Kier molecular flexibility index (Phi) is 5.23. The summed E-state index contributed by atoms with van der Waals surface area (Å²) in [6.07, 6.45) is -0.713. The highest BCUT2D eigenvalue weighted by molar-refractivity contribution is 6.30. The van der Waals surface area contributed by atoms with E-state index in [2.05, 4.69) is 15.5 Å². The van der Waals surface area contributed by atoms with E-state index in [0.717, 1.165) is 11.1 Å². The lowest BCUT2D eigenvalue weighted by Crippen LogP contribution is -2.30. The van der Waals surface area contributed by atoms with Gasteiger partial charge in [-0.15, -0.1) is 0 Å². The summed E-state index contributed by atoms with van der Waals surface area (Å²) in [5, 5.41) is 6.96. The maximum absolute atomic E-state index is 12.3. The molecule has 0 bridgehead atoms. The van der Waals surface area contributed by atoms with Gasteiger partial charge >= 0.3 is 0 Å². The summed E-state index contributed by atoms with van der Waals surface area (Å²) in [6.45, 7) is 5.67. The molecule has 1 amide bonds. The lowest BCUT2D eigenvalue weighted by Gasteiger charge is -2.14. The molecule has 0 aliphatic rings. The van der Waals surface area contributed by atoms with Crippen molar-refractivity contribution in [1.29, 1.82) is 0 Å². The SMILES string of the molecule is Cc1ccc(OC(C)C(=O)Nc2noc(-c3ccc(Cl)cc3)n2)cc1C. The molecule has 134 valence electrons. The van der Waals surface area contributed by atoms with Crippen LogP contribution in [0.5, 0.6) is 5.75 Å². The number of nitrogens with one attached hydrogen (secondary N) is 1. The fourth-order valence-corrected chi connectivity index (χ4v) is 2.37. The van der Waals surface area contributed by atoms with E-state index in [1.165, 1.54) is 0 Å². The van der Waals surface area contributed by atoms with E-state index in [0.29, 0.717) is 22.2 Å². The Morgan fingerprint density at radius 3 is 2.58 bits per heavy atom. The van der Waals surface area contributed by atoms with Gasteiger partial charge in [0.05, 0.1) is 0 Å². The summed E-state index contributed by atoms with van der Waals surface area (Å²) in [7, 11) is 0. The quantitative estimate of drug-likeness (QED) is 0.718. The smallest absolute Gasteiger partial charge is 0.270 e. The number of benzene rings is 2. The molecule has 0 radical (unpaired) electrons. The van der Waals surface area contributed by atoms with Crippen LogP contribution in [0.3, 0.4) is 0 Å². The van der Waals surface area contributed by atoms with Crippen LogP contribution in [0.1, 0.15) is 18.1 Å².